The first-order valence-corrected chi connectivity index (χ1v) is 7.06. The molecule has 2 unspecified atom stereocenters. The van der Waals surface area contributed by atoms with Crippen molar-refractivity contribution in [3.05, 3.63) is 36.2 Å². The zero-order valence-corrected chi connectivity index (χ0v) is 11.7. The number of hydrazine groups is 1. The fourth-order valence-electron chi connectivity index (χ4n) is 2.99. The van der Waals surface area contributed by atoms with Crippen molar-refractivity contribution in [3.8, 4) is 17.6 Å². The molecule has 2 atom stereocenters. The van der Waals surface area contributed by atoms with E-state index in [0.717, 1.165) is 17.1 Å². The van der Waals surface area contributed by atoms with Crippen LogP contribution in [0.3, 0.4) is 0 Å². The molecule has 0 aromatic heterocycles. The van der Waals surface area contributed by atoms with Crippen molar-refractivity contribution in [2.45, 2.75) is 18.5 Å². The Balaban J connectivity index is 1.55. The van der Waals surface area contributed by atoms with Crippen molar-refractivity contribution >= 4 is 5.91 Å². The Morgan fingerprint density at radius 1 is 1.32 bits per heavy atom. The van der Waals surface area contributed by atoms with E-state index in [9.17, 15) is 4.79 Å². The van der Waals surface area contributed by atoms with Gasteiger partial charge in [-0.15, -0.1) is 0 Å². The summed E-state index contributed by atoms with van der Waals surface area (Å²) in [6, 6.07) is 7.55. The average Bonchev–Trinajstić information content (AvgIpc) is 3.16. The number of ether oxygens (including phenoxy) is 2. The van der Waals surface area contributed by atoms with Gasteiger partial charge in [0.25, 0.3) is 5.91 Å². The number of fused-ring (bicyclic) bond motifs is 2. The first-order chi connectivity index (χ1) is 10.8. The molecule has 1 amide bonds. The quantitative estimate of drug-likeness (QED) is 0.816. The van der Waals surface area contributed by atoms with Crippen molar-refractivity contribution in [2.75, 3.05) is 13.3 Å². The van der Waals surface area contributed by atoms with Crippen LogP contribution in [-0.4, -0.2) is 35.2 Å². The molecule has 4 rings (SSSR count). The standard InChI is InChI=1S/C15H14N4O3/c16-3-4-18-5-6-19-12(15(18)20)8-11(17-19)10-1-2-13-14(7-10)22-9-21-13/h1-2,5-7,11-12,17H,4,8-9H2. The van der Waals surface area contributed by atoms with Gasteiger partial charge in [-0.25, -0.2) is 5.43 Å². The second kappa shape index (κ2) is 4.93. The van der Waals surface area contributed by atoms with Crippen molar-refractivity contribution in [3.63, 3.8) is 0 Å². The minimum Gasteiger partial charge on any atom is -0.454 e. The van der Waals surface area contributed by atoms with Crippen LogP contribution < -0.4 is 14.9 Å². The molecule has 3 heterocycles. The summed E-state index contributed by atoms with van der Waals surface area (Å²) in [5.74, 6) is 1.42. The van der Waals surface area contributed by atoms with Gasteiger partial charge in [0.2, 0.25) is 6.79 Å². The lowest BCUT2D eigenvalue weighted by molar-refractivity contribution is -0.133. The first-order valence-electron chi connectivity index (χ1n) is 7.06. The molecule has 22 heavy (non-hydrogen) atoms. The topological polar surface area (TPSA) is 77.8 Å². The highest BCUT2D eigenvalue weighted by molar-refractivity contribution is 5.84. The van der Waals surface area contributed by atoms with Crippen LogP contribution in [-0.2, 0) is 4.79 Å². The number of amides is 1. The lowest BCUT2D eigenvalue weighted by atomic mass is 10.0. The number of carbonyl (C=O) groups is 1. The van der Waals surface area contributed by atoms with Crippen molar-refractivity contribution in [2.24, 2.45) is 0 Å². The first kappa shape index (κ1) is 13.0. The lowest BCUT2D eigenvalue weighted by Crippen LogP contribution is -2.47. The summed E-state index contributed by atoms with van der Waals surface area (Å²) >= 11 is 0. The van der Waals surface area contributed by atoms with Crippen LogP contribution in [0, 0.1) is 11.3 Å². The maximum Gasteiger partial charge on any atom is 0.251 e. The zero-order valence-electron chi connectivity index (χ0n) is 11.7. The van der Waals surface area contributed by atoms with E-state index in [2.05, 4.69) is 5.43 Å². The summed E-state index contributed by atoms with van der Waals surface area (Å²) in [4.78, 5) is 13.8. The number of nitrogens with one attached hydrogen (secondary N) is 1. The van der Waals surface area contributed by atoms with E-state index >= 15 is 0 Å². The van der Waals surface area contributed by atoms with Crippen LogP contribution in [0.2, 0.25) is 0 Å². The van der Waals surface area contributed by atoms with Gasteiger partial charge in [-0.2, -0.15) is 5.26 Å². The molecule has 3 aliphatic heterocycles. The van der Waals surface area contributed by atoms with Crippen LogP contribution >= 0.6 is 0 Å². The summed E-state index contributed by atoms with van der Waals surface area (Å²) in [6.07, 6.45) is 4.08. The van der Waals surface area contributed by atoms with Crippen LogP contribution in [0.1, 0.15) is 18.0 Å². The maximum atomic E-state index is 12.4. The Kier molecular flexibility index (Phi) is 2.91. The van der Waals surface area contributed by atoms with Gasteiger partial charge in [0.15, 0.2) is 11.5 Å². The molecule has 112 valence electrons. The maximum absolute atomic E-state index is 12.4. The number of hydrogen-bond acceptors (Lipinski definition) is 6. The summed E-state index contributed by atoms with van der Waals surface area (Å²) in [5.41, 5.74) is 4.36. The highest BCUT2D eigenvalue weighted by atomic mass is 16.7. The van der Waals surface area contributed by atoms with Crippen molar-refractivity contribution in [1.29, 1.82) is 5.26 Å². The molecule has 7 nitrogen and oxygen atoms in total. The third-order valence-electron chi connectivity index (χ3n) is 4.12. The van der Waals surface area contributed by atoms with E-state index in [0.29, 0.717) is 6.42 Å². The number of benzene rings is 1. The van der Waals surface area contributed by atoms with Gasteiger partial charge in [0.1, 0.15) is 12.6 Å². The number of carbonyl (C=O) groups excluding carboxylic acids is 1. The highest BCUT2D eigenvalue weighted by Crippen LogP contribution is 2.37. The van der Waals surface area contributed by atoms with Gasteiger partial charge in [-0.1, -0.05) is 6.07 Å². The number of nitriles is 1. The number of hydrogen-bond donors (Lipinski definition) is 1. The molecule has 0 saturated carbocycles. The molecule has 1 fully saturated rings. The third-order valence-corrected chi connectivity index (χ3v) is 4.12. The number of nitrogens with zero attached hydrogens (tertiary/aromatic N) is 3. The molecule has 0 aliphatic carbocycles. The smallest absolute Gasteiger partial charge is 0.251 e. The fraction of sp³-hybridized carbons (Fsp3) is 0.333. The Morgan fingerprint density at radius 3 is 3.05 bits per heavy atom. The van der Waals surface area contributed by atoms with E-state index in [-0.39, 0.29) is 31.3 Å². The highest BCUT2D eigenvalue weighted by Gasteiger charge is 2.40. The van der Waals surface area contributed by atoms with Crippen LogP contribution in [0.25, 0.3) is 0 Å². The largest absolute Gasteiger partial charge is 0.454 e. The predicted molar refractivity (Wildman–Crippen MR) is 75.2 cm³/mol. The van der Waals surface area contributed by atoms with E-state index in [1.54, 1.807) is 12.4 Å². The van der Waals surface area contributed by atoms with E-state index < -0.39 is 0 Å². The Bertz CT molecular complexity index is 697. The minimum absolute atomic E-state index is 0.0233. The second-order valence-electron chi connectivity index (χ2n) is 5.38. The van der Waals surface area contributed by atoms with Crippen LogP contribution in [0.15, 0.2) is 30.6 Å². The Morgan fingerprint density at radius 2 is 2.18 bits per heavy atom. The number of rotatable bonds is 2. The van der Waals surface area contributed by atoms with Gasteiger partial charge in [0, 0.05) is 12.4 Å². The van der Waals surface area contributed by atoms with Gasteiger partial charge >= 0.3 is 0 Å². The molecule has 0 spiro atoms. The van der Waals surface area contributed by atoms with Crippen LogP contribution in [0.4, 0.5) is 0 Å². The van der Waals surface area contributed by atoms with Gasteiger partial charge in [-0.3, -0.25) is 4.79 Å². The summed E-state index contributed by atoms with van der Waals surface area (Å²) in [6.45, 7) is 0.324. The van der Waals surface area contributed by atoms with Crippen molar-refractivity contribution in [1.82, 2.24) is 15.3 Å². The molecular formula is C15H14N4O3. The molecular weight excluding hydrogens is 284 g/mol. The van der Waals surface area contributed by atoms with Crippen LogP contribution in [0.5, 0.6) is 11.5 Å². The zero-order chi connectivity index (χ0) is 15.1. The van der Waals surface area contributed by atoms with Gasteiger partial charge < -0.3 is 19.4 Å². The molecule has 0 bridgehead atoms. The molecule has 1 aromatic rings. The third kappa shape index (κ3) is 1.96. The van der Waals surface area contributed by atoms with Gasteiger partial charge in [0.05, 0.1) is 12.1 Å². The summed E-state index contributed by atoms with van der Waals surface area (Å²) < 4.78 is 10.7. The molecule has 1 saturated heterocycles. The molecule has 1 aromatic carbocycles. The molecule has 0 radical (unpaired) electrons. The predicted octanol–water partition coefficient (Wildman–Crippen LogP) is 0.872. The van der Waals surface area contributed by atoms with E-state index in [1.165, 1.54) is 4.90 Å². The molecule has 3 aliphatic rings. The van der Waals surface area contributed by atoms with E-state index in [4.69, 9.17) is 14.7 Å². The molecule has 1 N–H and O–H groups in total. The van der Waals surface area contributed by atoms with Gasteiger partial charge in [-0.05, 0) is 24.1 Å². The SMILES string of the molecule is N#CCN1C=CN2NC(c3ccc4c(c3)OCO4)CC2C1=O. The average molecular weight is 298 g/mol. The molecule has 7 heteroatoms. The summed E-state index contributed by atoms with van der Waals surface area (Å²) in [5, 5.41) is 10.6. The lowest BCUT2D eigenvalue weighted by Gasteiger charge is -2.30. The van der Waals surface area contributed by atoms with Crippen molar-refractivity contribution < 1.29 is 14.3 Å². The fourth-order valence-corrected chi connectivity index (χ4v) is 2.99. The minimum atomic E-state index is -0.284. The van der Waals surface area contributed by atoms with E-state index in [1.807, 2.05) is 29.3 Å². The monoisotopic (exact) mass is 298 g/mol. The second-order valence-corrected chi connectivity index (χ2v) is 5.38. The Labute approximate surface area is 127 Å². The Hall–Kier alpha value is -2.72. The summed E-state index contributed by atoms with van der Waals surface area (Å²) in [7, 11) is 0. The normalized spacial score (nSPS) is 25.3.